The number of hydrogen-bond donors (Lipinski definition) is 0. The Morgan fingerprint density at radius 2 is 0.889 bits per heavy atom. The fourth-order valence-corrected chi connectivity index (χ4v) is 4.41. The zero-order chi connectivity index (χ0) is 24.2. The Balaban J connectivity index is 1.50. The van der Waals surface area contributed by atoms with E-state index in [1.165, 1.54) is 0 Å². The van der Waals surface area contributed by atoms with Crippen molar-refractivity contribution in [3.63, 3.8) is 0 Å². The normalized spacial score (nSPS) is 10.8. The van der Waals surface area contributed by atoms with E-state index in [1.54, 1.807) is 0 Å². The molecular formula is C32H23N3O. The zero-order valence-corrected chi connectivity index (χ0v) is 19.5. The van der Waals surface area contributed by atoms with Crippen LogP contribution >= 0.6 is 0 Å². The SMILES string of the molecule is c1ccc(-c2nnc(-c3ccccc3-c3ccccc3N(c3ccccc3)c3ccccc3)o2)cc1. The van der Waals surface area contributed by atoms with Crippen LogP contribution in [0.3, 0.4) is 0 Å². The molecule has 0 aliphatic rings. The molecule has 36 heavy (non-hydrogen) atoms. The molecule has 0 atom stereocenters. The summed E-state index contributed by atoms with van der Waals surface area (Å²) in [6.07, 6.45) is 0. The fourth-order valence-electron chi connectivity index (χ4n) is 4.41. The number of nitrogens with zero attached hydrogens (tertiary/aromatic N) is 3. The van der Waals surface area contributed by atoms with Gasteiger partial charge in [-0.25, -0.2) is 0 Å². The summed E-state index contributed by atoms with van der Waals surface area (Å²) in [5.74, 6) is 0.995. The van der Waals surface area contributed by atoms with Crippen LogP contribution in [0.4, 0.5) is 17.1 Å². The minimum absolute atomic E-state index is 0.491. The van der Waals surface area contributed by atoms with Gasteiger partial charge in [-0.05, 0) is 54.1 Å². The van der Waals surface area contributed by atoms with E-state index in [0.717, 1.165) is 39.3 Å². The van der Waals surface area contributed by atoms with Crippen LogP contribution in [0.2, 0.25) is 0 Å². The molecule has 4 heteroatoms. The molecule has 0 N–H and O–H groups in total. The Morgan fingerprint density at radius 1 is 0.417 bits per heavy atom. The van der Waals surface area contributed by atoms with E-state index in [9.17, 15) is 0 Å². The van der Waals surface area contributed by atoms with Gasteiger partial charge in [-0.2, -0.15) is 0 Å². The standard InChI is InChI=1S/C32H23N3O/c1-4-14-24(15-5-1)31-33-34-32(36-31)29-22-11-10-20-27(29)28-21-12-13-23-30(28)35(25-16-6-2-7-17-25)26-18-8-3-9-19-26/h1-23H. The molecule has 0 fully saturated rings. The first kappa shape index (κ1) is 21.6. The summed E-state index contributed by atoms with van der Waals surface area (Å²) in [7, 11) is 0. The molecule has 0 unspecified atom stereocenters. The van der Waals surface area contributed by atoms with Crippen LogP contribution in [-0.2, 0) is 0 Å². The van der Waals surface area contributed by atoms with E-state index < -0.39 is 0 Å². The van der Waals surface area contributed by atoms with Gasteiger partial charge in [-0.3, -0.25) is 0 Å². The average molecular weight is 466 g/mol. The number of benzene rings is 5. The molecule has 4 nitrogen and oxygen atoms in total. The van der Waals surface area contributed by atoms with E-state index in [-0.39, 0.29) is 0 Å². The highest BCUT2D eigenvalue weighted by molar-refractivity contribution is 5.92. The van der Waals surface area contributed by atoms with Crippen molar-refractivity contribution >= 4 is 17.1 Å². The predicted octanol–water partition coefficient (Wildman–Crippen LogP) is 8.54. The summed E-state index contributed by atoms with van der Waals surface area (Å²) in [4.78, 5) is 2.27. The fraction of sp³-hybridized carbons (Fsp3) is 0. The van der Waals surface area contributed by atoms with Crippen molar-refractivity contribution in [1.29, 1.82) is 0 Å². The minimum atomic E-state index is 0.491. The van der Waals surface area contributed by atoms with Gasteiger partial charge in [0.2, 0.25) is 11.8 Å². The zero-order valence-electron chi connectivity index (χ0n) is 19.5. The molecule has 172 valence electrons. The van der Waals surface area contributed by atoms with E-state index in [4.69, 9.17) is 4.42 Å². The largest absolute Gasteiger partial charge is 0.416 e. The Hall–Kier alpha value is -4.96. The quantitative estimate of drug-likeness (QED) is 0.247. The molecule has 1 aromatic heterocycles. The van der Waals surface area contributed by atoms with Crippen LogP contribution in [0, 0.1) is 0 Å². The maximum absolute atomic E-state index is 6.15. The molecule has 0 aliphatic heterocycles. The lowest BCUT2D eigenvalue weighted by molar-refractivity contribution is 0.585. The topological polar surface area (TPSA) is 42.2 Å². The molecule has 0 radical (unpaired) electrons. The maximum Gasteiger partial charge on any atom is 0.248 e. The Bertz CT molecular complexity index is 1540. The van der Waals surface area contributed by atoms with Crippen molar-refractivity contribution < 1.29 is 4.42 Å². The van der Waals surface area contributed by atoms with Crippen molar-refractivity contribution in [2.24, 2.45) is 0 Å². The second-order valence-electron chi connectivity index (χ2n) is 8.35. The number of para-hydroxylation sites is 3. The second kappa shape index (κ2) is 9.72. The molecule has 0 saturated carbocycles. The maximum atomic E-state index is 6.15. The molecule has 6 rings (SSSR count). The van der Waals surface area contributed by atoms with Crippen molar-refractivity contribution in [2.75, 3.05) is 4.90 Å². The lowest BCUT2D eigenvalue weighted by Crippen LogP contribution is -2.11. The molecular weight excluding hydrogens is 442 g/mol. The Morgan fingerprint density at radius 3 is 1.53 bits per heavy atom. The monoisotopic (exact) mass is 465 g/mol. The molecule has 5 aromatic carbocycles. The Kier molecular flexibility index (Phi) is 5.83. The third-order valence-electron chi connectivity index (χ3n) is 6.07. The van der Waals surface area contributed by atoms with E-state index in [1.807, 2.05) is 60.7 Å². The third-order valence-corrected chi connectivity index (χ3v) is 6.07. The van der Waals surface area contributed by atoms with E-state index in [0.29, 0.717) is 11.8 Å². The van der Waals surface area contributed by atoms with Crippen LogP contribution in [0.25, 0.3) is 34.0 Å². The van der Waals surface area contributed by atoms with Crippen LogP contribution in [0.5, 0.6) is 0 Å². The first-order chi connectivity index (χ1) is 17.9. The van der Waals surface area contributed by atoms with Gasteiger partial charge >= 0.3 is 0 Å². The van der Waals surface area contributed by atoms with E-state index in [2.05, 4.69) is 94.0 Å². The lowest BCUT2D eigenvalue weighted by Gasteiger charge is -2.28. The summed E-state index contributed by atoms with van der Waals surface area (Å²) in [6, 6.07) is 47.2. The molecule has 0 saturated heterocycles. The van der Waals surface area contributed by atoms with Gasteiger partial charge in [0.1, 0.15) is 0 Å². The molecule has 0 bridgehead atoms. The molecule has 0 spiro atoms. The molecule has 1 heterocycles. The van der Waals surface area contributed by atoms with Gasteiger partial charge in [-0.15, -0.1) is 10.2 Å². The summed E-state index contributed by atoms with van der Waals surface area (Å²) >= 11 is 0. The predicted molar refractivity (Wildman–Crippen MR) is 145 cm³/mol. The number of anilines is 3. The first-order valence-corrected chi connectivity index (χ1v) is 11.9. The molecule has 6 aromatic rings. The summed E-state index contributed by atoms with van der Waals surface area (Å²) in [6.45, 7) is 0. The van der Waals surface area contributed by atoms with Crippen molar-refractivity contribution in [1.82, 2.24) is 10.2 Å². The second-order valence-corrected chi connectivity index (χ2v) is 8.35. The summed E-state index contributed by atoms with van der Waals surface area (Å²) < 4.78 is 6.15. The molecule has 0 aliphatic carbocycles. The van der Waals surface area contributed by atoms with Gasteiger partial charge < -0.3 is 9.32 Å². The van der Waals surface area contributed by atoms with Crippen molar-refractivity contribution in [2.45, 2.75) is 0 Å². The summed E-state index contributed by atoms with van der Waals surface area (Å²) in [5, 5.41) is 8.73. The minimum Gasteiger partial charge on any atom is -0.416 e. The van der Waals surface area contributed by atoms with Crippen LogP contribution < -0.4 is 4.90 Å². The van der Waals surface area contributed by atoms with Gasteiger partial charge in [0.15, 0.2) is 0 Å². The summed E-state index contributed by atoms with van der Waals surface area (Å²) in [5.41, 5.74) is 7.10. The smallest absolute Gasteiger partial charge is 0.248 e. The highest BCUT2D eigenvalue weighted by Gasteiger charge is 2.20. The van der Waals surface area contributed by atoms with Gasteiger partial charge in [-0.1, -0.05) is 91.0 Å². The Labute approximate surface area is 210 Å². The number of aromatic nitrogens is 2. The van der Waals surface area contributed by atoms with Crippen LogP contribution in [-0.4, -0.2) is 10.2 Å². The van der Waals surface area contributed by atoms with Gasteiger partial charge in [0.25, 0.3) is 0 Å². The van der Waals surface area contributed by atoms with Crippen LogP contribution in [0.15, 0.2) is 144 Å². The average Bonchev–Trinajstić information content (AvgIpc) is 3.46. The highest BCUT2D eigenvalue weighted by Crippen LogP contribution is 2.43. The number of rotatable bonds is 6. The van der Waals surface area contributed by atoms with Crippen LogP contribution in [0.1, 0.15) is 0 Å². The number of hydrogen-bond acceptors (Lipinski definition) is 4. The molecule has 0 amide bonds. The van der Waals surface area contributed by atoms with Gasteiger partial charge in [0, 0.05) is 28.1 Å². The van der Waals surface area contributed by atoms with E-state index >= 15 is 0 Å². The van der Waals surface area contributed by atoms with Crippen molar-refractivity contribution in [3.05, 3.63) is 140 Å². The van der Waals surface area contributed by atoms with Crippen molar-refractivity contribution in [3.8, 4) is 34.0 Å². The first-order valence-electron chi connectivity index (χ1n) is 11.9. The lowest BCUT2D eigenvalue weighted by atomic mass is 9.97. The highest BCUT2D eigenvalue weighted by atomic mass is 16.4. The third kappa shape index (κ3) is 4.17. The van der Waals surface area contributed by atoms with Gasteiger partial charge in [0.05, 0.1) is 5.69 Å².